The van der Waals surface area contributed by atoms with Crippen LogP contribution in [0.4, 0.5) is 13.2 Å². The molecule has 0 aliphatic rings. The summed E-state index contributed by atoms with van der Waals surface area (Å²) < 4.78 is 39.5. The molecule has 0 N–H and O–H groups in total. The monoisotopic (exact) mass is 276 g/mol. The van der Waals surface area contributed by atoms with E-state index in [1.54, 1.807) is 6.07 Å². The fraction of sp³-hybridized carbons (Fsp3) is 0.0714. The molecule has 2 aromatic rings. The number of pyridine rings is 1. The van der Waals surface area contributed by atoms with E-state index in [9.17, 15) is 18.0 Å². The lowest BCUT2D eigenvalue weighted by molar-refractivity contribution is 0.0973. The molecule has 0 saturated carbocycles. The van der Waals surface area contributed by atoms with E-state index in [1.807, 2.05) is 0 Å². The molecule has 0 fully saturated rings. The highest BCUT2D eigenvalue weighted by Gasteiger charge is 2.26. The molecule has 1 aromatic carbocycles. The Morgan fingerprint density at radius 1 is 1.10 bits per heavy atom. The van der Waals surface area contributed by atoms with Crippen molar-refractivity contribution in [2.75, 3.05) is 0 Å². The maximum Gasteiger partial charge on any atom is 0.195 e. The average molecular weight is 276 g/mol. The van der Waals surface area contributed by atoms with Gasteiger partial charge in [-0.2, -0.15) is 5.26 Å². The average Bonchev–Trinajstić information content (AvgIpc) is 2.47. The van der Waals surface area contributed by atoms with E-state index in [2.05, 4.69) is 4.98 Å². The lowest BCUT2D eigenvalue weighted by Crippen LogP contribution is -2.14. The third kappa shape index (κ3) is 2.38. The van der Waals surface area contributed by atoms with Gasteiger partial charge in [0.25, 0.3) is 0 Å². The summed E-state index contributed by atoms with van der Waals surface area (Å²) in [7, 11) is 0. The molecule has 1 heterocycles. The number of ketones is 1. The van der Waals surface area contributed by atoms with Crippen LogP contribution >= 0.6 is 0 Å². The van der Waals surface area contributed by atoms with Crippen molar-refractivity contribution >= 4 is 5.78 Å². The molecule has 6 heteroatoms. The summed E-state index contributed by atoms with van der Waals surface area (Å²) >= 11 is 0. The highest BCUT2D eigenvalue weighted by Crippen LogP contribution is 2.23. The number of aromatic nitrogens is 1. The van der Waals surface area contributed by atoms with Crippen molar-refractivity contribution in [3.05, 3.63) is 65.2 Å². The molecule has 100 valence electrons. The number of hydrogen-bond donors (Lipinski definition) is 0. The fourth-order valence-corrected chi connectivity index (χ4v) is 1.71. The third-order valence-corrected chi connectivity index (χ3v) is 2.73. The minimum Gasteiger partial charge on any atom is -0.292 e. The van der Waals surface area contributed by atoms with Crippen molar-refractivity contribution in [3.8, 4) is 6.07 Å². The Kier molecular flexibility index (Phi) is 3.80. The second-order valence-corrected chi connectivity index (χ2v) is 3.93. The third-order valence-electron chi connectivity index (χ3n) is 2.73. The molecule has 1 atom stereocenters. The zero-order valence-corrected chi connectivity index (χ0v) is 9.98. The standard InChI is InChI=1S/C14H7F3N2O/c15-11-2-1-9(12(16)13(11)17)14(20)10(7-18)8-3-5-19-6-4-8/h1-6,10H. The van der Waals surface area contributed by atoms with Gasteiger partial charge in [-0.1, -0.05) is 0 Å². The molecule has 3 nitrogen and oxygen atoms in total. The molecule has 0 aliphatic carbocycles. The van der Waals surface area contributed by atoms with Gasteiger partial charge in [-0.15, -0.1) is 0 Å². The first-order valence-electron chi connectivity index (χ1n) is 5.53. The largest absolute Gasteiger partial charge is 0.292 e. The number of halogens is 3. The highest BCUT2D eigenvalue weighted by molar-refractivity contribution is 6.02. The number of carbonyl (C=O) groups is 1. The summed E-state index contributed by atoms with van der Waals surface area (Å²) in [5.74, 6) is -6.96. The number of nitrogens with zero attached hydrogens (tertiary/aromatic N) is 2. The Bertz CT molecular complexity index is 696. The molecule has 0 radical (unpaired) electrons. The Labute approximate surface area is 112 Å². The SMILES string of the molecule is N#CC(C(=O)c1ccc(F)c(F)c1F)c1ccncc1. The van der Waals surface area contributed by atoms with Gasteiger partial charge in [-0.3, -0.25) is 9.78 Å². The van der Waals surface area contributed by atoms with E-state index < -0.39 is 34.7 Å². The van der Waals surface area contributed by atoms with Gasteiger partial charge in [0.15, 0.2) is 23.2 Å². The minimum absolute atomic E-state index is 0.302. The Morgan fingerprint density at radius 2 is 1.75 bits per heavy atom. The van der Waals surface area contributed by atoms with Crippen LogP contribution in [0.15, 0.2) is 36.7 Å². The van der Waals surface area contributed by atoms with Crippen molar-refractivity contribution in [3.63, 3.8) is 0 Å². The quantitative estimate of drug-likeness (QED) is 0.639. The normalized spacial score (nSPS) is 11.7. The van der Waals surface area contributed by atoms with Crippen molar-refractivity contribution in [1.29, 1.82) is 5.26 Å². The lowest BCUT2D eigenvalue weighted by atomic mass is 9.92. The van der Waals surface area contributed by atoms with Gasteiger partial charge in [-0.25, -0.2) is 13.2 Å². The minimum atomic E-state index is -1.73. The lowest BCUT2D eigenvalue weighted by Gasteiger charge is -2.09. The van der Waals surface area contributed by atoms with Crippen LogP contribution in [0, 0.1) is 28.8 Å². The van der Waals surface area contributed by atoms with E-state index in [1.165, 1.54) is 24.5 Å². The first kappa shape index (κ1) is 13.7. The summed E-state index contributed by atoms with van der Waals surface area (Å²) in [6, 6.07) is 6.02. The van der Waals surface area contributed by atoms with Crippen LogP contribution in [0.25, 0.3) is 0 Å². The summed E-state index contributed by atoms with van der Waals surface area (Å²) in [6.45, 7) is 0. The number of carbonyl (C=O) groups excluding carboxylic acids is 1. The number of hydrogen-bond acceptors (Lipinski definition) is 3. The summed E-state index contributed by atoms with van der Waals surface area (Å²) in [5, 5.41) is 9.04. The van der Waals surface area contributed by atoms with Crippen molar-refractivity contribution in [1.82, 2.24) is 4.98 Å². The van der Waals surface area contributed by atoms with Crippen LogP contribution in [0.3, 0.4) is 0 Å². The fourth-order valence-electron chi connectivity index (χ4n) is 1.71. The molecule has 20 heavy (non-hydrogen) atoms. The maximum atomic E-state index is 13.6. The number of benzene rings is 1. The molecule has 0 bridgehead atoms. The second-order valence-electron chi connectivity index (χ2n) is 3.93. The summed E-state index contributed by atoms with van der Waals surface area (Å²) in [6.07, 6.45) is 2.74. The van der Waals surface area contributed by atoms with Crippen LogP contribution in [0.1, 0.15) is 21.8 Å². The molecular formula is C14H7F3N2O. The number of rotatable bonds is 3. The molecule has 0 saturated heterocycles. The van der Waals surface area contributed by atoms with Crippen LogP contribution in [0.5, 0.6) is 0 Å². The van der Waals surface area contributed by atoms with Crippen molar-refractivity contribution < 1.29 is 18.0 Å². The topological polar surface area (TPSA) is 53.8 Å². The first-order valence-corrected chi connectivity index (χ1v) is 5.53. The van der Waals surface area contributed by atoms with Crippen molar-refractivity contribution in [2.45, 2.75) is 5.92 Å². The van der Waals surface area contributed by atoms with Crippen LogP contribution in [0.2, 0.25) is 0 Å². The molecule has 0 amide bonds. The van der Waals surface area contributed by atoms with E-state index in [-0.39, 0.29) is 0 Å². The molecule has 0 aliphatic heterocycles. The van der Waals surface area contributed by atoms with Gasteiger partial charge in [0.1, 0.15) is 5.92 Å². The molecule has 1 unspecified atom stereocenters. The highest BCUT2D eigenvalue weighted by atomic mass is 19.2. The molecule has 1 aromatic heterocycles. The summed E-state index contributed by atoms with van der Waals surface area (Å²) in [5.41, 5.74) is -0.358. The van der Waals surface area contributed by atoms with Crippen molar-refractivity contribution in [2.24, 2.45) is 0 Å². The Morgan fingerprint density at radius 3 is 2.35 bits per heavy atom. The van der Waals surface area contributed by atoms with E-state index in [4.69, 9.17) is 5.26 Å². The Hall–Kier alpha value is -2.68. The molecule has 0 spiro atoms. The zero-order chi connectivity index (χ0) is 14.7. The van der Waals surface area contributed by atoms with Gasteiger partial charge in [0.05, 0.1) is 11.6 Å². The van der Waals surface area contributed by atoms with Gasteiger partial charge in [-0.05, 0) is 29.8 Å². The van der Waals surface area contributed by atoms with E-state index in [0.717, 1.165) is 6.07 Å². The predicted octanol–water partition coefficient (Wildman–Crippen LogP) is 2.99. The van der Waals surface area contributed by atoms with Crippen LogP contribution < -0.4 is 0 Å². The first-order chi connectivity index (χ1) is 9.56. The maximum absolute atomic E-state index is 13.6. The van der Waals surface area contributed by atoms with Gasteiger partial charge < -0.3 is 0 Å². The van der Waals surface area contributed by atoms with Gasteiger partial charge in [0.2, 0.25) is 0 Å². The van der Waals surface area contributed by atoms with Crippen LogP contribution in [-0.2, 0) is 0 Å². The summed E-state index contributed by atoms with van der Waals surface area (Å²) in [4.78, 5) is 15.8. The number of nitriles is 1. The molecular weight excluding hydrogens is 269 g/mol. The van der Waals surface area contributed by atoms with Crippen LogP contribution in [-0.4, -0.2) is 10.8 Å². The second kappa shape index (κ2) is 5.53. The van der Waals surface area contributed by atoms with Gasteiger partial charge >= 0.3 is 0 Å². The van der Waals surface area contributed by atoms with E-state index in [0.29, 0.717) is 11.6 Å². The molecule has 2 rings (SSSR count). The zero-order valence-electron chi connectivity index (χ0n) is 9.98. The Balaban J connectivity index is 2.46. The van der Waals surface area contributed by atoms with Gasteiger partial charge in [0, 0.05) is 12.4 Å². The predicted molar refractivity (Wildman–Crippen MR) is 63.2 cm³/mol. The smallest absolute Gasteiger partial charge is 0.195 e. The van der Waals surface area contributed by atoms with E-state index >= 15 is 0 Å². The number of Topliss-reactive ketones (excluding diaryl/α,β-unsaturated/α-hetero) is 1.